The van der Waals surface area contributed by atoms with E-state index in [0.29, 0.717) is 30.7 Å². The van der Waals surface area contributed by atoms with Gasteiger partial charge in [-0.25, -0.2) is 0 Å². The molecule has 0 heterocycles. The highest BCUT2D eigenvalue weighted by molar-refractivity contribution is 5.99. The van der Waals surface area contributed by atoms with Gasteiger partial charge >= 0.3 is 5.97 Å². The van der Waals surface area contributed by atoms with E-state index in [2.05, 4.69) is 5.32 Å². The van der Waals surface area contributed by atoms with Crippen LogP contribution in [0.1, 0.15) is 24.8 Å². The molecule has 0 aliphatic heterocycles. The monoisotopic (exact) mass is 325 g/mol. The fourth-order valence-electron chi connectivity index (χ4n) is 2.45. The quantitative estimate of drug-likeness (QED) is 0.819. The number of rotatable bonds is 7. The van der Waals surface area contributed by atoms with Gasteiger partial charge in [0, 0.05) is 24.9 Å². The summed E-state index contributed by atoms with van der Waals surface area (Å²) < 4.78 is 5.86. The van der Waals surface area contributed by atoms with E-state index in [0.717, 1.165) is 5.56 Å². The van der Waals surface area contributed by atoms with Gasteiger partial charge in [0.15, 0.2) is 5.60 Å². The molecule has 2 N–H and O–H groups in total. The maximum absolute atomic E-state index is 12.5. The van der Waals surface area contributed by atoms with Crippen molar-refractivity contribution in [1.29, 1.82) is 0 Å². The number of carbonyl (C=O) groups excluding carboxylic acids is 1. The number of anilines is 1. The molecule has 1 fully saturated rings. The summed E-state index contributed by atoms with van der Waals surface area (Å²) in [5, 5.41) is 11.6. The van der Waals surface area contributed by atoms with Gasteiger partial charge in [-0.05, 0) is 36.2 Å². The summed E-state index contributed by atoms with van der Waals surface area (Å²) in [4.78, 5) is 23.1. The standard InChI is InChI=1S/C19H19NO4/c21-17(22)11-8-14-6-9-15(10-7-14)20-18(23)19(12-13-19)24-16-4-2-1-3-5-16/h1-7,9-10H,8,11-13H2,(H,20,23)(H,21,22). The van der Waals surface area contributed by atoms with E-state index in [1.807, 2.05) is 42.5 Å². The molecule has 5 nitrogen and oxygen atoms in total. The topological polar surface area (TPSA) is 75.6 Å². The molecule has 2 aromatic carbocycles. The van der Waals surface area contributed by atoms with Crippen LogP contribution in [0.2, 0.25) is 0 Å². The summed E-state index contributed by atoms with van der Waals surface area (Å²) >= 11 is 0. The predicted octanol–water partition coefficient (Wildman–Crippen LogP) is 3.25. The normalized spacial score (nSPS) is 14.7. The van der Waals surface area contributed by atoms with E-state index < -0.39 is 11.6 Å². The Morgan fingerprint density at radius 1 is 1.04 bits per heavy atom. The lowest BCUT2D eigenvalue weighted by atomic mass is 10.1. The zero-order valence-corrected chi connectivity index (χ0v) is 13.2. The van der Waals surface area contributed by atoms with Crippen molar-refractivity contribution in [3.63, 3.8) is 0 Å². The minimum absolute atomic E-state index is 0.0970. The maximum Gasteiger partial charge on any atom is 0.303 e. The van der Waals surface area contributed by atoms with Crippen LogP contribution in [0.5, 0.6) is 5.75 Å². The van der Waals surface area contributed by atoms with Crippen molar-refractivity contribution >= 4 is 17.6 Å². The van der Waals surface area contributed by atoms with Gasteiger partial charge in [0.05, 0.1) is 0 Å². The third-order valence-corrected chi connectivity index (χ3v) is 4.01. The van der Waals surface area contributed by atoms with Crippen molar-refractivity contribution < 1.29 is 19.4 Å². The second-order valence-electron chi connectivity index (χ2n) is 5.95. The minimum Gasteiger partial charge on any atom is -0.481 e. The lowest BCUT2D eigenvalue weighted by Gasteiger charge is -2.18. The van der Waals surface area contributed by atoms with Crippen LogP contribution in [0.15, 0.2) is 54.6 Å². The third-order valence-electron chi connectivity index (χ3n) is 4.01. The number of ether oxygens (including phenoxy) is 1. The van der Waals surface area contributed by atoms with Crippen molar-refractivity contribution in [3.8, 4) is 5.75 Å². The van der Waals surface area contributed by atoms with Gasteiger partial charge < -0.3 is 15.2 Å². The number of para-hydroxylation sites is 1. The third kappa shape index (κ3) is 3.93. The number of hydrogen-bond acceptors (Lipinski definition) is 3. The highest BCUT2D eigenvalue weighted by Crippen LogP contribution is 2.41. The Labute approximate surface area is 140 Å². The number of carboxylic acid groups (broad SMARTS) is 1. The number of amides is 1. The molecular formula is C19H19NO4. The Morgan fingerprint density at radius 2 is 1.71 bits per heavy atom. The van der Waals surface area contributed by atoms with Gasteiger partial charge in [0.25, 0.3) is 5.91 Å². The number of nitrogens with one attached hydrogen (secondary N) is 1. The first-order valence-corrected chi connectivity index (χ1v) is 7.94. The second-order valence-corrected chi connectivity index (χ2v) is 5.95. The number of carboxylic acids is 1. The van der Waals surface area contributed by atoms with Crippen LogP contribution in [-0.4, -0.2) is 22.6 Å². The minimum atomic E-state index is -0.818. The summed E-state index contributed by atoms with van der Waals surface area (Å²) in [7, 11) is 0. The first kappa shape index (κ1) is 16.1. The van der Waals surface area contributed by atoms with Crippen molar-refractivity contribution in [1.82, 2.24) is 0 Å². The highest BCUT2D eigenvalue weighted by Gasteiger charge is 2.53. The summed E-state index contributed by atoms with van der Waals surface area (Å²) in [5.74, 6) is -0.278. The van der Waals surface area contributed by atoms with Gasteiger partial charge in [-0.1, -0.05) is 30.3 Å². The van der Waals surface area contributed by atoms with E-state index in [9.17, 15) is 9.59 Å². The number of aliphatic carboxylic acids is 1. The molecule has 1 aliphatic rings. The van der Waals surface area contributed by atoms with Crippen molar-refractivity contribution in [2.75, 3.05) is 5.32 Å². The Hall–Kier alpha value is -2.82. The SMILES string of the molecule is O=C(O)CCc1ccc(NC(=O)C2(Oc3ccccc3)CC2)cc1. The summed E-state index contributed by atoms with van der Waals surface area (Å²) in [6.45, 7) is 0. The van der Waals surface area contributed by atoms with E-state index in [1.165, 1.54) is 0 Å². The smallest absolute Gasteiger partial charge is 0.303 e. The van der Waals surface area contributed by atoms with E-state index in [1.54, 1.807) is 12.1 Å². The van der Waals surface area contributed by atoms with Gasteiger partial charge in [0.2, 0.25) is 0 Å². The maximum atomic E-state index is 12.5. The zero-order valence-electron chi connectivity index (χ0n) is 13.2. The number of aryl methyl sites for hydroxylation is 1. The molecule has 5 heteroatoms. The van der Waals surface area contributed by atoms with Crippen LogP contribution in [0.3, 0.4) is 0 Å². The molecule has 0 unspecified atom stereocenters. The van der Waals surface area contributed by atoms with Gasteiger partial charge in [-0.3, -0.25) is 9.59 Å². The summed E-state index contributed by atoms with van der Waals surface area (Å²) in [6.07, 6.45) is 1.97. The fraction of sp³-hybridized carbons (Fsp3) is 0.263. The molecule has 2 aromatic rings. The largest absolute Gasteiger partial charge is 0.481 e. The van der Waals surface area contributed by atoms with Crippen LogP contribution in [0.4, 0.5) is 5.69 Å². The van der Waals surface area contributed by atoms with Crippen LogP contribution >= 0.6 is 0 Å². The van der Waals surface area contributed by atoms with Crippen LogP contribution in [-0.2, 0) is 16.0 Å². The van der Waals surface area contributed by atoms with Crippen molar-refractivity contribution in [3.05, 3.63) is 60.2 Å². The van der Waals surface area contributed by atoms with Crippen LogP contribution in [0.25, 0.3) is 0 Å². The molecule has 1 amide bonds. The molecule has 0 saturated heterocycles. The molecule has 1 aliphatic carbocycles. The van der Waals surface area contributed by atoms with Crippen LogP contribution in [0, 0.1) is 0 Å². The Kier molecular flexibility index (Phi) is 4.51. The molecule has 124 valence electrons. The van der Waals surface area contributed by atoms with Gasteiger partial charge in [-0.2, -0.15) is 0 Å². The molecule has 0 aromatic heterocycles. The zero-order chi connectivity index (χ0) is 17.0. The number of benzene rings is 2. The summed E-state index contributed by atoms with van der Waals surface area (Å²) in [5.41, 5.74) is 0.836. The van der Waals surface area contributed by atoms with E-state index >= 15 is 0 Å². The second kappa shape index (κ2) is 6.74. The van der Waals surface area contributed by atoms with Crippen LogP contribution < -0.4 is 10.1 Å². The van der Waals surface area contributed by atoms with Gasteiger partial charge in [0.1, 0.15) is 5.75 Å². The first-order chi connectivity index (χ1) is 11.6. The van der Waals surface area contributed by atoms with Crippen molar-refractivity contribution in [2.24, 2.45) is 0 Å². The summed E-state index contributed by atoms with van der Waals surface area (Å²) in [6, 6.07) is 16.6. The van der Waals surface area contributed by atoms with Crippen molar-refractivity contribution in [2.45, 2.75) is 31.3 Å². The van der Waals surface area contributed by atoms with Gasteiger partial charge in [-0.15, -0.1) is 0 Å². The number of carbonyl (C=O) groups is 2. The molecule has 0 atom stereocenters. The molecule has 3 rings (SSSR count). The van der Waals surface area contributed by atoms with E-state index in [-0.39, 0.29) is 12.3 Å². The molecule has 24 heavy (non-hydrogen) atoms. The fourth-order valence-corrected chi connectivity index (χ4v) is 2.45. The molecule has 0 bridgehead atoms. The molecule has 0 spiro atoms. The lowest BCUT2D eigenvalue weighted by molar-refractivity contribution is -0.137. The number of hydrogen-bond donors (Lipinski definition) is 2. The molecule has 0 radical (unpaired) electrons. The average Bonchev–Trinajstić information content (AvgIpc) is 3.36. The van der Waals surface area contributed by atoms with E-state index in [4.69, 9.17) is 9.84 Å². The Bertz CT molecular complexity index is 721. The lowest BCUT2D eigenvalue weighted by Crippen LogP contribution is -2.35. The Morgan fingerprint density at radius 3 is 2.29 bits per heavy atom. The average molecular weight is 325 g/mol. The predicted molar refractivity (Wildman–Crippen MR) is 90.1 cm³/mol. The molecular weight excluding hydrogens is 306 g/mol. The first-order valence-electron chi connectivity index (χ1n) is 7.94. The Balaban J connectivity index is 1.59. The highest BCUT2D eigenvalue weighted by atomic mass is 16.5. The molecule has 1 saturated carbocycles.